The first-order valence-corrected chi connectivity index (χ1v) is 8.10. The molecule has 1 aromatic carbocycles. The summed E-state index contributed by atoms with van der Waals surface area (Å²) in [5.41, 5.74) is 1.85. The Hall–Kier alpha value is -2.57. The quantitative estimate of drug-likeness (QED) is 0.903. The van der Waals surface area contributed by atoms with Crippen LogP contribution in [0.25, 0.3) is 0 Å². The summed E-state index contributed by atoms with van der Waals surface area (Å²) < 4.78 is 19.0. The molecule has 0 saturated carbocycles. The molecule has 6 nitrogen and oxygen atoms in total. The Morgan fingerprint density at radius 3 is 3.00 bits per heavy atom. The lowest BCUT2D eigenvalue weighted by Gasteiger charge is -2.19. The Morgan fingerprint density at radius 2 is 2.25 bits per heavy atom. The summed E-state index contributed by atoms with van der Waals surface area (Å²) in [5.74, 6) is 0.414. The van der Waals surface area contributed by atoms with Crippen molar-refractivity contribution in [1.29, 1.82) is 0 Å². The molecule has 1 aliphatic heterocycles. The molecule has 24 heavy (non-hydrogen) atoms. The minimum absolute atomic E-state index is 0.0325. The highest BCUT2D eigenvalue weighted by molar-refractivity contribution is 5.90. The maximum absolute atomic E-state index is 13.9. The first-order valence-electron chi connectivity index (χ1n) is 8.10. The van der Waals surface area contributed by atoms with Crippen LogP contribution in [0, 0.1) is 12.7 Å². The van der Waals surface area contributed by atoms with Crippen LogP contribution in [-0.4, -0.2) is 30.3 Å². The zero-order valence-corrected chi connectivity index (χ0v) is 13.8. The van der Waals surface area contributed by atoms with Gasteiger partial charge < -0.3 is 20.1 Å². The maximum atomic E-state index is 13.9. The predicted molar refractivity (Wildman–Crippen MR) is 89.8 cm³/mol. The number of nitrogens with zero attached hydrogens (tertiary/aromatic N) is 2. The lowest BCUT2D eigenvalue weighted by molar-refractivity contribution is 0.249. The van der Waals surface area contributed by atoms with E-state index in [1.165, 1.54) is 6.07 Å². The molecule has 2 N–H and O–H groups in total. The normalized spacial score (nSPS) is 17.1. The van der Waals surface area contributed by atoms with Crippen molar-refractivity contribution in [2.45, 2.75) is 32.7 Å². The maximum Gasteiger partial charge on any atom is 0.319 e. The van der Waals surface area contributed by atoms with Crippen LogP contribution in [0.15, 0.2) is 28.8 Å². The molecule has 1 aliphatic rings. The summed E-state index contributed by atoms with van der Waals surface area (Å²) in [6, 6.07) is 6.36. The average Bonchev–Trinajstić information content (AvgIpc) is 3.15. The van der Waals surface area contributed by atoms with Gasteiger partial charge in [-0.1, -0.05) is 24.2 Å². The summed E-state index contributed by atoms with van der Waals surface area (Å²) in [4.78, 5) is 14.2. The summed E-state index contributed by atoms with van der Waals surface area (Å²) in [5, 5.41) is 9.60. The fraction of sp³-hybridized carbons (Fsp3) is 0.412. The molecule has 0 bridgehead atoms. The van der Waals surface area contributed by atoms with E-state index in [1.54, 1.807) is 19.1 Å². The van der Waals surface area contributed by atoms with Crippen molar-refractivity contribution in [3.8, 4) is 0 Å². The van der Waals surface area contributed by atoms with Gasteiger partial charge in [0.25, 0.3) is 0 Å². The summed E-state index contributed by atoms with van der Waals surface area (Å²) in [6.07, 6.45) is 1.42. The van der Waals surface area contributed by atoms with Gasteiger partial charge >= 0.3 is 6.03 Å². The second kappa shape index (κ2) is 6.90. The number of amides is 2. The highest BCUT2D eigenvalue weighted by Gasteiger charge is 2.26. The SMILES string of the molecule is CCc1onc(C)c1NC(=O)NC1CCN(c2ccccc2F)C1. The van der Waals surface area contributed by atoms with Gasteiger partial charge in [-0.25, -0.2) is 9.18 Å². The van der Waals surface area contributed by atoms with E-state index in [4.69, 9.17) is 4.52 Å². The molecule has 2 amide bonds. The van der Waals surface area contributed by atoms with Crippen molar-refractivity contribution in [3.63, 3.8) is 0 Å². The smallest absolute Gasteiger partial charge is 0.319 e. The van der Waals surface area contributed by atoms with Crippen molar-refractivity contribution in [1.82, 2.24) is 10.5 Å². The average molecular weight is 332 g/mol. The van der Waals surface area contributed by atoms with Crippen molar-refractivity contribution >= 4 is 17.4 Å². The summed E-state index contributed by atoms with van der Waals surface area (Å²) in [7, 11) is 0. The van der Waals surface area contributed by atoms with Crippen LogP contribution in [0.5, 0.6) is 0 Å². The molecular weight excluding hydrogens is 311 g/mol. The van der Waals surface area contributed by atoms with Crippen LogP contribution in [0.4, 0.5) is 20.6 Å². The van der Waals surface area contributed by atoms with Crippen molar-refractivity contribution in [3.05, 3.63) is 41.5 Å². The lowest BCUT2D eigenvalue weighted by atomic mass is 10.2. The second-order valence-corrected chi connectivity index (χ2v) is 5.90. The number of urea groups is 1. The molecule has 1 fully saturated rings. The van der Waals surface area contributed by atoms with E-state index >= 15 is 0 Å². The Morgan fingerprint density at radius 1 is 1.46 bits per heavy atom. The fourth-order valence-corrected chi connectivity index (χ4v) is 2.96. The largest absolute Gasteiger partial charge is 0.367 e. The number of hydrogen-bond acceptors (Lipinski definition) is 4. The van der Waals surface area contributed by atoms with Crippen LogP contribution >= 0.6 is 0 Å². The number of carbonyl (C=O) groups is 1. The van der Waals surface area contributed by atoms with E-state index in [2.05, 4.69) is 15.8 Å². The number of para-hydroxylation sites is 1. The number of hydrogen-bond donors (Lipinski definition) is 2. The summed E-state index contributed by atoms with van der Waals surface area (Å²) >= 11 is 0. The first-order chi connectivity index (χ1) is 11.6. The standard InChI is InChI=1S/C17H21FN4O2/c1-3-15-16(11(2)21-24-15)20-17(23)19-12-8-9-22(10-12)14-7-5-4-6-13(14)18/h4-7,12H,3,8-10H2,1-2H3,(H2,19,20,23). The Balaban J connectivity index is 1.58. The molecule has 128 valence electrons. The third-order valence-corrected chi connectivity index (χ3v) is 4.21. The first kappa shape index (κ1) is 16.3. The predicted octanol–water partition coefficient (Wildman–Crippen LogP) is 3.08. The van der Waals surface area contributed by atoms with Crippen molar-refractivity contribution in [2.75, 3.05) is 23.3 Å². The molecule has 1 saturated heterocycles. The van der Waals surface area contributed by atoms with Crippen LogP contribution < -0.4 is 15.5 Å². The van der Waals surface area contributed by atoms with Crippen LogP contribution in [0.1, 0.15) is 24.8 Å². The van der Waals surface area contributed by atoms with E-state index in [-0.39, 0.29) is 17.9 Å². The van der Waals surface area contributed by atoms with Gasteiger partial charge in [0.1, 0.15) is 17.2 Å². The van der Waals surface area contributed by atoms with Gasteiger partial charge in [-0.2, -0.15) is 0 Å². The number of rotatable bonds is 4. The zero-order chi connectivity index (χ0) is 17.1. The molecule has 1 atom stereocenters. The number of anilines is 2. The van der Waals surface area contributed by atoms with Gasteiger partial charge in [-0.15, -0.1) is 0 Å². The number of halogens is 1. The molecule has 0 radical (unpaired) electrons. The van der Waals surface area contributed by atoms with Crippen LogP contribution in [0.2, 0.25) is 0 Å². The van der Waals surface area contributed by atoms with E-state index in [1.807, 2.05) is 17.9 Å². The Labute approximate surface area is 140 Å². The van der Waals surface area contributed by atoms with Crippen LogP contribution in [-0.2, 0) is 6.42 Å². The van der Waals surface area contributed by atoms with E-state index in [0.29, 0.717) is 42.3 Å². The van der Waals surface area contributed by atoms with E-state index in [9.17, 15) is 9.18 Å². The third kappa shape index (κ3) is 3.34. The van der Waals surface area contributed by atoms with E-state index < -0.39 is 0 Å². The number of nitrogens with one attached hydrogen (secondary N) is 2. The second-order valence-electron chi connectivity index (χ2n) is 5.90. The molecule has 7 heteroatoms. The van der Waals surface area contributed by atoms with Crippen molar-refractivity contribution < 1.29 is 13.7 Å². The monoisotopic (exact) mass is 332 g/mol. The van der Waals surface area contributed by atoms with E-state index in [0.717, 1.165) is 6.42 Å². The molecule has 0 spiro atoms. The number of carbonyl (C=O) groups excluding carboxylic acids is 1. The lowest BCUT2D eigenvalue weighted by Crippen LogP contribution is -2.40. The Kier molecular flexibility index (Phi) is 4.69. The zero-order valence-electron chi connectivity index (χ0n) is 13.8. The number of aryl methyl sites for hydroxylation is 2. The molecular formula is C17H21FN4O2. The van der Waals surface area contributed by atoms with Gasteiger partial charge in [0, 0.05) is 25.6 Å². The van der Waals surface area contributed by atoms with Crippen LogP contribution in [0.3, 0.4) is 0 Å². The molecule has 0 aliphatic carbocycles. The van der Waals surface area contributed by atoms with Gasteiger partial charge in [-0.05, 0) is 25.5 Å². The van der Waals surface area contributed by atoms with Gasteiger partial charge in [-0.3, -0.25) is 0 Å². The number of benzene rings is 1. The summed E-state index contributed by atoms with van der Waals surface area (Å²) in [6.45, 7) is 5.01. The molecule has 1 unspecified atom stereocenters. The molecule has 2 aromatic rings. The number of aromatic nitrogens is 1. The molecule has 3 rings (SSSR count). The fourth-order valence-electron chi connectivity index (χ4n) is 2.96. The third-order valence-electron chi connectivity index (χ3n) is 4.21. The van der Waals surface area contributed by atoms with Gasteiger partial charge in [0.2, 0.25) is 0 Å². The topological polar surface area (TPSA) is 70.4 Å². The highest BCUT2D eigenvalue weighted by atomic mass is 19.1. The molecule has 1 aromatic heterocycles. The minimum Gasteiger partial charge on any atom is -0.367 e. The van der Waals surface area contributed by atoms with Gasteiger partial charge in [0.05, 0.1) is 5.69 Å². The molecule has 2 heterocycles. The van der Waals surface area contributed by atoms with Crippen molar-refractivity contribution in [2.24, 2.45) is 0 Å². The minimum atomic E-state index is -0.295. The van der Waals surface area contributed by atoms with Gasteiger partial charge in [0.15, 0.2) is 5.76 Å². The highest BCUT2D eigenvalue weighted by Crippen LogP contribution is 2.24. The Bertz CT molecular complexity index is 731.